The molecule has 0 aliphatic heterocycles. The van der Waals surface area contributed by atoms with Gasteiger partial charge < -0.3 is 5.73 Å². The average Bonchev–Trinajstić information content (AvgIpc) is 2.58. The topological polar surface area (TPSA) is 38.9 Å². The summed E-state index contributed by atoms with van der Waals surface area (Å²) in [6.07, 6.45) is 0. The summed E-state index contributed by atoms with van der Waals surface area (Å²) in [4.78, 5) is 4.45. The predicted octanol–water partition coefficient (Wildman–Crippen LogP) is 3.82. The Kier molecular flexibility index (Phi) is 2.97. The van der Waals surface area contributed by atoms with Crippen molar-refractivity contribution in [3.8, 4) is 11.3 Å². The highest BCUT2D eigenvalue weighted by molar-refractivity contribution is 7.16. The summed E-state index contributed by atoms with van der Waals surface area (Å²) < 4.78 is 0. The molecule has 0 aliphatic rings. The zero-order valence-electron chi connectivity index (χ0n) is 9.82. The van der Waals surface area contributed by atoms with Crippen LogP contribution >= 0.6 is 11.3 Å². The molecule has 1 aromatic carbocycles. The van der Waals surface area contributed by atoms with Crippen molar-refractivity contribution in [2.45, 2.75) is 26.7 Å². The van der Waals surface area contributed by atoms with Crippen LogP contribution in [0.15, 0.2) is 24.3 Å². The maximum atomic E-state index is 5.93. The summed E-state index contributed by atoms with van der Waals surface area (Å²) in [5, 5.41) is 1.82. The highest BCUT2D eigenvalue weighted by Crippen LogP contribution is 2.30. The number of aryl methyl sites for hydroxylation is 1. The number of anilines is 1. The number of hydrogen-bond donors (Lipinski definition) is 1. The van der Waals surface area contributed by atoms with Crippen LogP contribution in [0, 0.1) is 6.92 Å². The van der Waals surface area contributed by atoms with Crippen LogP contribution in [0.1, 0.15) is 30.3 Å². The Morgan fingerprint density at radius 3 is 2.25 bits per heavy atom. The second-order valence-corrected chi connectivity index (χ2v) is 5.46. The van der Waals surface area contributed by atoms with Crippen molar-refractivity contribution < 1.29 is 0 Å². The minimum absolute atomic E-state index is 0.559. The van der Waals surface area contributed by atoms with Crippen molar-refractivity contribution in [3.63, 3.8) is 0 Å². The zero-order valence-corrected chi connectivity index (χ0v) is 10.6. The minimum atomic E-state index is 0.559. The molecule has 2 N–H and O–H groups in total. The molecule has 2 nitrogen and oxygen atoms in total. The van der Waals surface area contributed by atoms with Crippen LogP contribution in [0.2, 0.25) is 0 Å². The van der Waals surface area contributed by atoms with Gasteiger partial charge in [-0.05, 0) is 18.4 Å². The molecule has 2 aromatic rings. The van der Waals surface area contributed by atoms with E-state index in [1.54, 1.807) is 11.3 Å². The SMILES string of the molecule is Cc1nc(-c2ccc(C(C)C)cc2)c(N)s1. The molecule has 0 spiro atoms. The number of benzene rings is 1. The Morgan fingerprint density at radius 2 is 1.81 bits per heavy atom. The average molecular weight is 232 g/mol. The van der Waals surface area contributed by atoms with E-state index in [9.17, 15) is 0 Å². The molecule has 16 heavy (non-hydrogen) atoms. The molecule has 0 saturated carbocycles. The second kappa shape index (κ2) is 4.26. The van der Waals surface area contributed by atoms with Gasteiger partial charge in [-0.3, -0.25) is 0 Å². The molecule has 1 aromatic heterocycles. The third-order valence-electron chi connectivity index (χ3n) is 2.61. The molecule has 0 bridgehead atoms. The molecule has 3 heteroatoms. The van der Waals surface area contributed by atoms with Gasteiger partial charge in [0, 0.05) is 5.56 Å². The van der Waals surface area contributed by atoms with Crippen LogP contribution in [-0.4, -0.2) is 4.98 Å². The van der Waals surface area contributed by atoms with E-state index < -0.39 is 0 Å². The fourth-order valence-corrected chi connectivity index (χ4v) is 2.39. The first kappa shape index (κ1) is 11.1. The summed E-state index contributed by atoms with van der Waals surface area (Å²) in [5.74, 6) is 0.559. The van der Waals surface area contributed by atoms with Crippen LogP contribution in [0.5, 0.6) is 0 Å². The lowest BCUT2D eigenvalue weighted by Crippen LogP contribution is -1.89. The zero-order chi connectivity index (χ0) is 11.7. The summed E-state index contributed by atoms with van der Waals surface area (Å²) in [5.41, 5.74) is 9.29. The van der Waals surface area contributed by atoms with E-state index in [4.69, 9.17) is 5.73 Å². The predicted molar refractivity (Wildman–Crippen MR) is 70.8 cm³/mol. The van der Waals surface area contributed by atoms with Gasteiger partial charge in [0.2, 0.25) is 0 Å². The number of nitrogen functional groups attached to an aromatic ring is 1. The van der Waals surface area contributed by atoms with Crippen LogP contribution < -0.4 is 5.73 Å². The third kappa shape index (κ3) is 2.09. The van der Waals surface area contributed by atoms with Crippen LogP contribution in [0.25, 0.3) is 11.3 Å². The van der Waals surface area contributed by atoms with Crippen molar-refractivity contribution >= 4 is 16.3 Å². The summed E-state index contributed by atoms with van der Waals surface area (Å²) >= 11 is 1.54. The molecule has 0 fully saturated rings. The van der Waals surface area contributed by atoms with Gasteiger partial charge in [-0.1, -0.05) is 38.1 Å². The van der Waals surface area contributed by atoms with Gasteiger partial charge >= 0.3 is 0 Å². The van der Waals surface area contributed by atoms with Gasteiger partial charge in [0.1, 0.15) is 10.7 Å². The van der Waals surface area contributed by atoms with Crippen molar-refractivity contribution in [1.29, 1.82) is 0 Å². The van der Waals surface area contributed by atoms with E-state index in [2.05, 4.69) is 43.1 Å². The smallest absolute Gasteiger partial charge is 0.114 e. The fraction of sp³-hybridized carbons (Fsp3) is 0.308. The number of nitrogens with two attached hydrogens (primary N) is 1. The highest BCUT2D eigenvalue weighted by Gasteiger charge is 2.08. The fourth-order valence-electron chi connectivity index (χ4n) is 1.68. The van der Waals surface area contributed by atoms with E-state index >= 15 is 0 Å². The first-order valence-corrected chi connectivity index (χ1v) is 6.23. The number of thiazole rings is 1. The molecular weight excluding hydrogens is 216 g/mol. The van der Waals surface area contributed by atoms with Crippen LogP contribution in [0.3, 0.4) is 0 Å². The third-order valence-corrected chi connectivity index (χ3v) is 3.41. The van der Waals surface area contributed by atoms with Gasteiger partial charge in [-0.15, -0.1) is 11.3 Å². The summed E-state index contributed by atoms with van der Waals surface area (Å²) in [6, 6.07) is 8.49. The van der Waals surface area contributed by atoms with Gasteiger partial charge in [-0.2, -0.15) is 0 Å². The Balaban J connectivity index is 2.38. The Hall–Kier alpha value is -1.35. The Labute approximate surface area is 100 Å². The normalized spacial score (nSPS) is 11.0. The van der Waals surface area contributed by atoms with Crippen molar-refractivity contribution in [3.05, 3.63) is 34.8 Å². The molecule has 0 amide bonds. The number of nitrogens with zero attached hydrogens (tertiary/aromatic N) is 1. The van der Waals surface area contributed by atoms with Crippen molar-refractivity contribution in [2.24, 2.45) is 0 Å². The lowest BCUT2D eigenvalue weighted by atomic mass is 10.0. The van der Waals surface area contributed by atoms with Crippen LogP contribution in [0.4, 0.5) is 5.00 Å². The first-order chi connectivity index (χ1) is 7.58. The first-order valence-electron chi connectivity index (χ1n) is 5.41. The molecule has 0 atom stereocenters. The lowest BCUT2D eigenvalue weighted by molar-refractivity contribution is 0.867. The summed E-state index contributed by atoms with van der Waals surface area (Å²) in [7, 11) is 0. The van der Waals surface area contributed by atoms with E-state index in [-0.39, 0.29) is 0 Å². The molecule has 84 valence electrons. The molecule has 2 rings (SSSR count). The number of aromatic nitrogens is 1. The van der Waals surface area contributed by atoms with Crippen molar-refractivity contribution in [2.75, 3.05) is 5.73 Å². The van der Waals surface area contributed by atoms with Gasteiger partial charge in [0.25, 0.3) is 0 Å². The molecule has 1 heterocycles. The standard InChI is InChI=1S/C13H16N2S/c1-8(2)10-4-6-11(7-5-10)12-13(14)16-9(3)15-12/h4-8H,14H2,1-3H3. The highest BCUT2D eigenvalue weighted by atomic mass is 32.1. The quantitative estimate of drug-likeness (QED) is 0.854. The maximum absolute atomic E-state index is 5.93. The molecule has 0 aliphatic carbocycles. The Bertz CT molecular complexity index is 483. The van der Waals surface area contributed by atoms with Gasteiger partial charge in [-0.25, -0.2) is 4.98 Å². The molecule has 0 unspecified atom stereocenters. The van der Waals surface area contributed by atoms with Crippen molar-refractivity contribution in [1.82, 2.24) is 4.98 Å². The largest absolute Gasteiger partial charge is 0.389 e. The maximum Gasteiger partial charge on any atom is 0.114 e. The minimum Gasteiger partial charge on any atom is -0.389 e. The number of rotatable bonds is 2. The second-order valence-electron chi connectivity index (χ2n) is 4.22. The van der Waals surface area contributed by atoms with E-state index in [1.165, 1.54) is 5.56 Å². The molecule has 0 radical (unpaired) electrons. The van der Waals surface area contributed by atoms with Gasteiger partial charge in [0.15, 0.2) is 0 Å². The van der Waals surface area contributed by atoms with E-state index in [1.807, 2.05) is 6.92 Å². The Morgan fingerprint density at radius 1 is 1.19 bits per heavy atom. The van der Waals surface area contributed by atoms with Crippen LogP contribution in [-0.2, 0) is 0 Å². The summed E-state index contributed by atoms with van der Waals surface area (Å²) in [6.45, 7) is 6.36. The lowest BCUT2D eigenvalue weighted by Gasteiger charge is -2.05. The van der Waals surface area contributed by atoms with E-state index in [0.717, 1.165) is 21.3 Å². The van der Waals surface area contributed by atoms with E-state index in [0.29, 0.717) is 5.92 Å². The number of hydrogen-bond acceptors (Lipinski definition) is 3. The molecular formula is C13H16N2S. The van der Waals surface area contributed by atoms with Gasteiger partial charge in [0.05, 0.1) is 5.01 Å². The monoisotopic (exact) mass is 232 g/mol. The molecule has 0 saturated heterocycles.